The van der Waals surface area contributed by atoms with E-state index >= 15 is 0 Å². The largest absolute Gasteiger partial charge is 0.333 e. The van der Waals surface area contributed by atoms with Gasteiger partial charge in [0.05, 0.1) is 16.6 Å². The van der Waals surface area contributed by atoms with Crippen molar-refractivity contribution in [1.29, 1.82) is 0 Å². The summed E-state index contributed by atoms with van der Waals surface area (Å²) in [5.41, 5.74) is 1.89. The number of carbonyl (C=O) groups excluding carboxylic acids is 1. The van der Waals surface area contributed by atoms with E-state index in [0.29, 0.717) is 43.6 Å². The van der Waals surface area contributed by atoms with Crippen molar-refractivity contribution in [2.75, 3.05) is 5.32 Å². The average molecular weight is 476 g/mol. The van der Waals surface area contributed by atoms with E-state index in [1.54, 1.807) is 26.0 Å². The van der Waals surface area contributed by atoms with Crippen molar-refractivity contribution in [1.82, 2.24) is 19.7 Å². The SMILES string of the molecule is Cc1ccc(NC(=O)Cn2cnc3sc(-c4nc(-c5ccccc5)no4)c(C)c3c2=O)cc1F. The zero-order chi connectivity index (χ0) is 23.8. The molecule has 0 saturated heterocycles. The van der Waals surface area contributed by atoms with E-state index < -0.39 is 11.7 Å². The van der Waals surface area contributed by atoms with Crippen LogP contribution in [0.2, 0.25) is 0 Å². The fourth-order valence-corrected chi connectivity index (χ4v) is 4.58. The summed E-state index contributed by atoms with van der Waals surface area (Å²) in [5, 5.41) is 7.03. The lowest BCUT2D eigenvalue weighted by Crippen LogP contribution is -2.27. The second-order valence-corrected chi connectivity index (χ2v) is 8.71. The minimum atomic E-state index is -0.469. The number of benzene rings is 2. The van der Waals surface area contributed by atoms with Gasteiger partial charge in [0.2, 0.25) is 11.7 Å². The molecular formula is C24H18FN5O3S. The number of nitrogens with zero attached hydrogens (tertiary/aromatic N) is 4. The van der Waals surface area contributed by atoms with Crippen LogP contribution >= 0.6 is 11.3 Å². The maximum absolute atomic E-state index is 13.7. The maximum atomic E-state index is 13.7. The predicted octanol–water partition coefficient (Wildman–Crippen LogP) is 4.57. The Labute approximate surface area is 196 Å². The van der Waals surface area contributed by atoms with Gasteiger partial charge in [-0.2, -0.15) is 4.98 Å². The Morgan fingerprint density at radius 1 is 1.18 bits per heavy atom. The quantitative estimate of drug-likeness (QED) is 0.399. The van der Waals surface area contributed by atoms with Gasteiger partial charge in [0.15, 0.2) is 0 Å². The number of carbonyl (C=O) groups is 1. The molecule has 8 nitrogen and oxygen atoms in total. The summed E-state index contributed by atoms with van der Waals surface area (Å²) in [4.78, 5) is 35.6. The van der Waals surface area contributed by atoms with Crippen LogP contribution in [0.4, 0.5) is 10.1 Å². The minimum Gasteiger partial charge on any atom is -0.333 e. The van der Waals surface area contributed by atoms with E-state index in [9.17, 15) is 14.0 Å². The van der Waals surface area contributed by atoms with Crippen molar-refractivity contribution in [3.05, 3.63) is 82.2 Å². The molecule has 0 saturated carbocycles. The summed E-state index contributed by atoms with van der Waals surface area (Å²) in [6.45, 7) is 3.15. The molecule has 10 heteroatoms. The summed E-state index contributed by atoms with van der Waals surface area (Å²) >= 11 is 1.27. The van der Waals surface area contributed by atoms with Crippen LogP contribution in [-0.2, 0) is 11.3 Å². The predicted molar refractivity (Wildman–Crippen MR) is 127 cm³/mol. The summed E-state index contributed by atoms with van der Waals surface area (Å²) in [5.74, 6) is -0.147. The standard InChI is InChI=1S/C24H18FN5O3S/c1-13-8-9-16(10-17(13)25)27-18(31)11-30-12-26-23-19(24(30)32)14(2)20(34-23)22-28-21(29-33-22)15-6-4-3-5-7-15/h3-10,12H,11H2,1-2H3,(H,27,31). The minimum absolute atomic E-state index is 0.263. The number of anilines is 1. The first kappa shape index (κ1) is 21.7. The number of thiophene rings is 1. The summed E-state index contributed by atoms with van der Waals surface area (Å²) < 4.78 is 20.4. The molecule has 1 amide bonds. The van der Waals surface area contributed by atoms with Crippen LogP contribution in [0.1, 0.15) is 11.1 Å². The van der Waals surface area contributed by atoms with Crippen LogP contribution in [-0.4, -0.2) is 25.6 Å². The van der Waals surface area contributed by atoms with E-state index in [1.165, 1.54) is 28.3 Å². The highest BCUT2D eigenvalue weighted by molar-refractivity contribution is 7.22. The molecule has 0 aliphatic heterocycles. The Morgan fingerprint density at radius 2 is 1.97 bits per heavy atom. The summed E-state index contributed by atoms with van der Waals surface area (Å²) in [6, 6.07) is 13.8. The molecule has 0 bridgehead atoms. The van der Waals surface area contributed by atoms with Gasteiger partial charge < -0.3 is 9.84 Å². The number of rotatable bonds is 5. The third-order valence-electron chi connectivity index (χ3n) is 5.34. The highest BCUT2D eigenvalue weighted by Crippen LogP contribution is 2.35. The van der Waals surface area contributed by atoms with Crippen molar-refractivity contribution < 1.29 is 13.7 Å². The van der Waals surface area contributed by atoms with Gasteiger partial charge in [0.25, 0.3) is 11.4 Å². The van der Waals surface area contributed by atoms with Crippen molar-refractivity contribution in [2.45, 2.75) is 20.4 Å². The van der Waals surface area contributed by atoms with Crippen LogP contribution in [0.15, 0.2) is 64.2 Å². The van der Waals surface area contributed by atoms with Crippen LogP contribution in [0.3, 0.4) is 0 Å². The molecule has 0 fully saturated rings. The Morgan fingerprint density at radius 3 is 2.74 bits per heavy atom. The molecule has 3 heterocycles. The van der Waals surface area contributed by atoms with E-state index in [4.69, 9.17) is 4.52 Å². The topological polar surface area (TPSA) is 103 Å². The van der Waals surface area contributed by atoms with Crippen molar-refractivity contribution in [3.8, 4) is 22.2 Å². The molecule has 0 atom stereocenters. The van der Waals surface area contributed by atoms with Gasteiger partial charge in [-0.05, 0) is 37.1 Å². The molecule has 5 aromatic rings. The van der Waals surface area contributed by atoms with Crippen molar-refractivity contribution >= 4 is 33.1 Å². The van der Waals surface area contributed by atoms with E-state index in [1.807, 2.05) is 30.3 Å². The van der Waals surface area contributed by atoms with Gasteiger partial charge >= 0.3 is 0 Å². The molecule has 170 valence electrons. The number of amides is 1. The number of aromatic nitrogens is 4. The number of halogens is 1. The van der Waals surface area contributed by atoms with Crippen LogP contribution in [0.5, 0.6) is 0 Å². The molecule has 0 aliphatic carbocycles. The van der Waals surface area contributed by atoms with E-state index in [-0.39, 0.29) is 12.1 Å². The molecule has 0 unspecified atom stereocenters. The Bertz CT molecular complexity index is 1590. The summed E-state index contributed by atoms with van der Waals surface area (Å²) in [7, 11) is 0. The lowest BCUT2D eigenvalue weighted by Gasteiger charge is -2.08. The molecule has 2 aromatic carbocycles. The Kier molecular flexibility index (Phi) is 5.50. The molecular weight excluding hydrogens is 457 g/mol. The lowest BCUT2D eigenvalue weighted by atomic mass is 10.2. The summed E-state index contributed by atoms with van der Waals surface area (Å²) in [6.07, 6.45) is 1.32. The van der Waals surface area contributed by atoms with Crippen LogP contribution in [0.25, 0.3) is 32.4 Å². The highest BCUT2D eigenvalue weighted by Gasteiger charge is 2.21. The van der Waals surface area contributed by atoms with Crippen molar-refractivity contribution in [2.24, 2.45) is 0 Å². The van der Waals surface area contributed by atoms with Crippen LogP contribution < -0.4 is 10.9 Å². The third-order valence-corrected chi connectivity index (χ3v) is 6.53. The monoisotopic (exact) mass is 475 g/mol. The number of hydrogen-bond donors (Lipinski definition) is 1. The molecule has 5 rings (SSSR count). The normalized spacial score (nSPS) is 11.1. The smallest absolute Gasteiger partial charge is 0.268 e. The van der Waals surface area contributed by atoms with Crippen molar-refractivity contribution in [3.63, 3.8) is 0 Å². The van der Waals surface area contributed by atoms with Gasteiger partial charge in [-0.25, -0.2) is 9.37 Å². The second-order valence-electron chi connectivity index (χ2n) is 7.72. The van der Waals surface area contributed by atoms with Gasteiger partial charge in [0, 0.05) is 11.3 Å². The highest BCUT2D eigenvalue weighted by atomic mass is 32.1. The van der Waals surface area contributed by atoms with Gasteiger partial charge in [-0.15, -0.1) is 11.3 Å². The first-order valence-corrected chi connectivity index (χ1v) is 11.2. The zero-order valence-corrected chi connectivity index (χ0v) is 19.0. The zero-order valence-electron chi connectivity index (χ0n) is 18.2. The molecule has 1 N–H and O–H groups in total. The van der Waals surface area contributed by atoms with E-state index in [0.717, 1.165) is 5.56 Å². The Balaban J connectivity index is 1.43. The number of aryl methyl sites for hydroxylation is 2. The van der Waals surface area contributed by atoms with E-state index in [2.05, 4.69) is 20.4 Å². The fraction of sp³-hybridized carbons (Fsp3) is 0.125. The Hall–Kier alpha value is -4.18. The second kappa shape index (κ2) is 8.64. The molecule has 0 spiro atoms. The molecule has 34 heavy (non-hydrogen) atoms. The first-order chi connectivity index (χ1) is 16.4. The average Bonchev–Trinajstić information content (AvgIpc) is 3.44. The number of fused-ring (bicyclic) bond motifs is 1. The fourth-order valence-electron chi connectivity index (χ4n) is 3.52. The molecule has 0 aliphatic rings. The third kappa shape index (κ3) is 3.99. The maximum Gasteiger partial charge on any atom is 0.268 e. The first-order valence-electron chi connectivity index (χ1n) is 10.3. The molecule has 0 radical (unpaired) electrons. The van der Waals surface area contributed by atoms with Crippen LogP contribution in [0, 0.1) is 19.7 Å². The number of nitrogens with one attached hydrogen (secondary N) is 1. The number of hydrogen-bond acceptors (Lipinski definition) is 7. The van der Waals surface area contributed by atoms with Gasteiger partial charge in [-0.3, -0.25) is 14.2 Å². The lowest BCUT2D eigenvalue weighted by molar-refractivity contribution is -0.116. The van der Waals surface area contributed by atoms with Gasteiger partial charge in [0.1, 0.15) is 17.2 Å². The molecule has 3 aromatic heterocycles. The van der Waals surface area contributed by atoms with Gasteiger partial charge in [-0.1, -0.05) is 41.6 Å².